The first kappa shape index (κ1) is 19.7. The molecule has 0 aliphatic rings. The number of ether oxygens (including phenoxy) is 1. The Morgan fingerprint density at radius 1 is 1.00 bits per heavy atom. The highest BCUT2D eigenvalue weighted by molar-refractivity contribution is 6.30. The molecule has 3 rings (SSSR count). The number of amides is 1. The average Bonchev–Trinajstić information content (AvgIpc) is 3.00. The lowest BCUT2D eigenvalue weighted by Crippen LogP contribution is -2.30. The van der Waals surface area contributed by atoms with Gasteiger partial charge in [-0.05, 0) is 75.4 Å². The number of esters is 1. The monoisotopic (exact) mass is 396 g/mol. The summed E-state index contributed by atoms with van der Waals surface area (Å²) in [7, 11) is 0. The zero-order valence-corrected chi connectivity index (χ0v) is 16.7. The number of nitrogens with one attached hydrogen (secondary N) is 1. The van der Waals surface area contributed by atoms with Crippen molar-refractivity contribution in [2.24, 2.45) is 0 Å². The van der Waals surface area contributed by atoms with Gasteiger partial charge in [-0.2, -0.15) is 0 Å². The van der Waals surface area contributed by atoms with Crippen LogP contribution in [0.5, 0.6) is 0 Å². The number of aromatic nitrogens is 1. The summed E-state index contributed by atoms with van der Waals surface area (Å²) in [5, 5.41) is 3.19. The number of carbonyl (C=O) groups is 2. The van der Waals surface area contributed by atoms with E-state index in [1.54, 1.807) is 36.4 Å². The molecule has 1 amide bonds. The molecule has 0 aliphatic carbocycles. The van der Waals surface area contributed by atoms with Crippen molar-refractivity contribution in [2.75, 3.05) is 5.32 Å². The van der Waals surface area contributed by atoms with Crippen LogP contribution in [-0.2, 0) is 9.53 Å². The molecule has 0 spiro atoms. The second-order valence-electron chi connectivity index (χ2n) is 6.55. The topological polar surface area (TPSA) is 60.3 Å². The number of carbonyl (C=O) groups excluding carboxylic acids is 2. The maximum absolute atomic E-state index is 12.4. The van der Waals surface area contributed by atoms with E-state index in [4.69, 9.17) is 16.3 Å². The smallest absolute Gasteiger partial charge is 0.338 e. The summed E-state index contributed by atoms with van der Waals surface area (Å²) in [5.74, 6) is -0.980. The molecule has 2 aromatic carbocycles. The normalized spacial score (nSPS) is 11.7. The molecule has 28 heavy (non-hydrogen) atoms. The van der Waals surface area contributed by atoms with E-state index in [0.717, 1.165) is 17.1 Å². The van der Waals surface area contributed by atoms with Gasteiger partial charge in [0.25, 0.3) is 5.91 Å². The van der Waals surface area contributed by atoms with Crippen molar-refractivity contribution in [3.8, 4) is 5.69 Å². The summed E-state index contributed by atoms with van der Waals surface area (Å²) in [6.45, 7) is 5.57. The van der Waals surface area contributed by atoms with Gasteiger partial charge in [-0.25, -0.2) is 4.79 Å². The van der Waals surface area contributed by atoms with Crippen LogP contribution in [0.3, 0.4) is 0 Å². The number of aryl methyl sites for hydroxylation is 2. The molecule has 1 aromatic heterocycles. The maximum Gasteiger partial charge on any atom is 0.338 e. The molecule has 0 saturated heterocycles. The van der Waals surface area contributed by atoms with E-state index in [1.807, 2.05) is 38.1 Å². The molecule has 0 fully saturated rings. The molecule has 0 bridgehead atoms. The molecule has 5 nitrogen and oxygen atoms in total. The average molecular weight is 397 g/mol. The first-order valence-electron chi connectivity index (χ1n) is 8.88. The molecule has 1 N–H and O–H groups in total. The van der Waals surface area contributed by atoms with Crippen molar-refractivity contribution in [2.45, 2.75) is 26.9 Å². The number of anilines is 1. The predicted molar refractivity (Wildman–Crippen MR) is 110 cm³/mol. The zero-order chi connectivity index (χ0) is 20.3. The Labute approximate surface area is 168 Å². The van der Waals surface area contributed by atoms with Crippen LogP contribution in [0.4, 0.5) is 5.69 Å². The van der Waals surface area contributed by atoms with Gasteiger partial charge in [-0.1, -0.05) is 17.7 Å². The van der Waals surface area contributed by atoms with E-state index in [1.165, 1.54) is 6.92 Å². The number of rotatable bonds is 5. The van der Waals surface area contributed by atoms with Crippen LogP contribution in [0.1, 0.15) is 28.7 Å². The zero-order valence-electron chi connectivity index (χ0n) is 15.9. The fourth-order valence-corrected chi connectivity index (χ4v) is 3.10. The van der Waals surface area contributed by atoms with Gasteiger partial charge in [0.15, 0.2) is 6.10 Å². The summed E-state index contributed by atoms with van der Waals surface area (Å²) < 4.78 is 7.38. The highest BCUT2D eigenvalue weighted by Crippen LogP contribution is 2.18. The fourth-order valence-electron chi connectivity index (χ4n) is 2.91. The molecular weight excluding hydrogens is 376 g/mol. The Kier molecular flexibility index (Phi) is 5.85. The quantitative estimate of drug-likeness (QED) is 0.622. The van der Waals surface area contributed by atoms with E-state index in [2.05, 4.69) is 9.88 Å². The lowest BCUT2D eigenvalue weighted by Gasteiger charge is -2.14. The Morgan fingerprint density at radius 3 is 2.25 bits per heavy atom. The first-order chi connectivity index (χ1) is 13.3. The number of hydrogen-bond donors (Lipinski definition) is 1. The second kappa shape index (κ2) is 8.31. The lowest BCUT2D eigenvalue weighted by molar-refractivity contribution is -0.123. The van der Waals surface area contributed by atoms with Gasteiger partial charge in [-0.15, -0.1) is 0 Å². The molecule has 1 atom stereocenters. The Balaban J connectivity index is 1.64. The van der Waals surface area contributed by atoms with Gasteiger partial charge in [0.1, 0.15) is 0 Å². The third-order valence-electron chi connectivity index (χ3n) is 4.38. The minimum Gasteiger partial charge on any atom is -0.449 e. The number of benzene rings is 2. The Bertz CT molecular complexity index is 989. The van der Waals surface area contributed by atoms with Gasteiger partial charge in [0.2, 0.25) is 0 Å². The summed E-state index contributed by atoms with van der Waals surface area (Å²) in [5.41, 5.74) is 4.11. The van der Waals surface area contributed by atoms with Gasteiger partial charge in [0, 0.05) is 27.8 Å². The van der Waals surface area contributed by atoms with Crippen LogP contribution in [0.15, 0.2) is 60.7 Å². The largest absolute Gasteiger partial charge is 0.449 e. The minimum absolute atomic E-state index is 0.383. The first-order valence-corrected chi connectivity index (χ1v) is 9.26. The highest BCUT2D eigenvalue weighted by atomic mass is 35.5. The van der Waals surface area contributed by atoms with Crippen LogP contribution in [-0.4, -0.2) is 22.5 Å². The Hall–Kier alpha value is -3.05. The fraction of sp³-hybridized carbons (Fsp3) is 0.182. The maximum atomic E-state index is 12.4. The Morgan fingerprint density at radius 2 is 1.64 bits per heavy atom. The van der Waals surface area contributed by atoms with Crippen LogP contribution >= 0.6 is 11.6 Å². The van der Waals surface area contributed by atoms with E-state index < -0.39 is 18.0 Å². The van der Waals surface area contributed by atoms with Crippen molar-refractivity contribution < 1.29 is 14.3 Å². The van der Waals surface area contributed by atoms with Crippen LogP contribution < -0.4 is 5.32 Å². The molecule has 1 heterocycles. The van der Waals surface area contributed by atoms with Crippen LogP contribution in [0.25, 0.3) is 5.69 Å². The molecule has 0 saturated carbocycles. The van der Waals surface area contributed by atoms with E-state index in [-0.39, 0.29) is 0 Å². The van der Waals surface area contributed by atoms with E-state index in [9.17, 15) is 9.59 Å². The predicted octanol–water partition coefficient (Wildman–Crippen LogP) is 4.93. The van der Waals surface area contributed by atoms with Crippen molar-refractivity contribution in [3.63, 3.8) is 0 Å². The summed E-state index contributed by atoms with van der Waals surface area (Å²) in [6.07, 6.45) is -0.944. The molecular formula is C22H21ClN2O3. The highest BCUT2D eigenvalue weighted by Gasteiger charge is 2.19. The van der Waals surface area contributed by atoms with Crippen LogP contribution in [0.2, 0.25) is 5.02 Å². The van der Waals surface area contributed by atoms with Crippen molar-refractivity contribution in [1.29, 1.82) is 0 Å². The number of nitrogens with zero attached hydrogens (tertiary/aromatic N) is 1. The van der Waals surface area contributed by atoms with E-state index in [0.29, 0.717) is 16.3 Å². The molecule has 144 valence electrons. The molecule has 6 heteroatoms. The summed E-state index contributed by atoms with van der Waals surface area (Å²) in [4.78, 5) is 24.6. The molecule has 0 aliphatic heterocycles. The van der Waals surface area contributed by atoms with Gasteiger partial charge < -0.3 is 14.6 Å². The lowest BCUT2D eigenvalue weighted by atomic mass is 10.2. The molecule has 3 aromatic rings. The van der Waals surface area contributed by atoms with Gasteiger partial charge in [-0.3, -0.25) is 4.79 Å². The van der Waals surface area contributed by atoms with Gasteiger partial charge in [0.05, 0.1) is 5.56 Å². The number of halogens is 1. The number of hydrogen-bond acceptors (Lipinski definition) is 3. The standard InChI is InChI=1S/C22H21ClN2O3/c1-14-7-8-15(2)25(14)20-11-9-17(10-12-20)22(27)28-16(3)21(26)24-19-6-4-5-18(23)13-19/h4-13,16H,1-3H3,(H,24,26)/t16-/m1/s1. The third-order valence-corrected chi connectivity index (χ3v) is 4.61. The van der Waals surface area contributed by atoms with Crippen molar-refractivity contribution in [3.05, 3.63) is 82.6 Å². The molecule has 0 radical (unpaired) electrons. The second-order valence-corrected chi connectivity index (χ2v) is 6.98. The van der Waals surface area contributed by atoms with Gasteiger partial charge >= 0.3 is 5.97 Å². The summed E-state index contributed by atoms with van der Waals surface area (Å²) in [6, 6.07) is 17.9. The SMILES string of the molecule is Cc1ccc(C)n1-c1ccc(C(=O)O[C@H](C)C(=O)Nc2cccc(Cl)c2)cc1. The third kappa shape index (κ3) is 4.43. The molecule has 0 unspecified atom stereocenters. The van der Waals surface area contributed by atoms with E-state index >= 15 is 0 Å². The van der Waals surface area contributed by atoms with Crippen molar-refractivity contribution in [1.82, 2.24) is 4.57 Å². The van der Waals surface area contributed by atoms with Crippen LogP contribution in [0, 0.1) is 13.8 Å². The summed E-state index contributed by atoms with van der Waals surface area (Å²) >= 11 is 5.90. The van der Waals surface area contributed by atoms with Crippen molar-refractivity contribution >= 4 is 29.2 Å². The minimum atomic E-state index is -0.944.